The first-order valence-electron chi connectivity index (χ1n) is 10.4. The third-order valence-corrected chi connectivity index (χ3v) is 8.96. The molecule has 8 unspecified atom stereocenters. The van der Waals surface area contributed by atoms with Crippen LogP contribution in [0.5, 0.6) is 0 Å². The summed E-state index contributed by atoms with van der Waals surface area (Å²) in [6.45, 7) is 5.44. The van der Waals surface area contributed by atoms with E-state index >= 15 is 0 Å². The van der Waals surface area contributed by atoms with Gasteiger partial charge >= 0.3 is 0 Å². The van der Waals surface area contributed by atoms with E-state index in [2.05, 4.69) is 6.92 Å². The van der Waals surface area contributed by atoms with Crippen LogP contribution in [-0.4, -0.2) is 45.2 Å². The molecule has 0 bridgehead atoms. The summed E-state index contributed by atoms with van der Waals surface area (Å²) in [7, 11) is 0. The van der Waals surface area contributed by atoms with Gasteiger partial charge in [-0.15, -0.1) is 0 Å². The van der Waals surface area contributed by atoms with Crippen LogP contribution in [0.3, 0.4) is 0 Å². The minimum atomic E-state index is -1.55. The fourth-order valence-corrected chi connectivity index (χ4v) is 7.62. The van der Waals surface area contributed by atoms with Crippen molar-refractivity contribution in [2.24, 2.45) is 34.5 Å². The van der Waals surface area contributed by atoms with Crippen molar-refractivity contribution in [3.05, 3.63) is 11.6 Å². The number of hydrogen-bond donors (Lipinski definition) is 3. The smallest absolute Gasteiger partial charge is 0.190 e. The highest BCUT2D eigenvalue weighted by atomic mass is 16.3. The largest absolute Gasteiger partial charge is 0.393 e. The number of ketones is 2. The topological polar surface area (TPSA) is 94.8 Å². The SMILES string of the molecule is CC1CC2(C)C(=CC1=O)CCC1C2C(O)CC2(C)C1CCC2(O)C(=O)CO. The zero-order chi connectivity index (χ0) is 19.8. The van der Waals surface area contributed by atoms with Crippen molar-refractivity contribution in [2.75, 3.05) is 6.61 Å². The van der Waals surface area contributed by atoms with Gasteiger partial charge in [-0.25, -0.2) is 0 Å². The van der Waals surface area contributed by atoms with E-state index in [0.717, 1.165) is 25.7 Å². The summed E-state index contributed by atoms with van der Waals surface area (Å²) in [6.07, 6.45) is 5.17. The highest BCUT2D eigenvalue weighted by Crippen LogP contribution is 2.67. The lowest BCUT2D eigenvalue weighted by atomic mass is 9.45. The summed E-state index contributed by atoms with van der Waals surface area (Å²) in [5.74, 6) is 0.0733. The average Bonchev–Trinajstić information content (AvgIpc) is 2.87. The van der Waals surface area contributed by atoms with Gasteiger partial charge in [-0.2, -0.15) is 0 Å². The molecule has 150 valence electrons. The third kappa shape index (κ3) is 2.34. The molecule has 0 heterocycles. The number of carbonyl (C=O) groups excluding carboxylic acids is 2. The zero-order valence-electron chi connectivity index (χ0n) is 16.6. The van der Waals surface area contributed by atoms with Crippen LogP contribution in [0.15, 0.2) is 11.6 Å². The molecular formula is C22H32O5. The second-order valence-corrected chi connectivity index (χ2v) is 10.1. The molecule has 0 aromatic heterocycles. The molecule has 8 atom stereocenters. The normalized spacial score (nSPS) is 51.9. The molecule has 0 aromatic carbocycles. The lowest BCUT2D eigenvalue weighted by molar-refractivity contribution is -0.183. The summed E-state index contributed by atoms with van der Waals surface area (Å²) in [4.78, 5) is 24.6. The molecule has 27 heavy (non-hydrogen) atoms. The number of aliphatic hydroxyl groups is 3. The van der Waals surface area contributed by atoms with Crippen LogP contribution in [0.1, 0.15) is 59.3 Å². The van der Waals surface area contributed by atoms with E-state index in [1.807, 2.05) is 19.9 Å². The lowest BCUT2D eigenvalue weighted by Gasteiger charge is -2.60. The summed E-state index contributed by atoms with van der Waals surface area (Å²) in [6, 6.07) is 0. The van der Waals surface area contributed by atoms with E-state index in [0.29, 0.717) is 12.8 Å². The van der Waals surface area contributed by atoms with E-state index < -0.39 is 29.5 Å². The van der Waals surface area contributed by atoms with Crippen LogP contribution in [0.25, 0.3) is 0 Å². The molecule has 5 nitrogen and oxygen atoms in total. The molecule has 3 saturated carbocycles. The Hall–Kier alpha value is -1.04. The van der Waals surface area contributed by atoms with E-state index in [1.54, 1.807) is 0 Å². The van der Waals surface area contributed by atoms with Gasteiger partial charge in [0.25, 0.3) is 0 Å². The standard InChI is InChI=1S/C22H32O5/c1-12-9-20(2)13(8-16(12)24)4-5-14-15-6-7-22(27,18(26)11-23)21(15,3)10-17(25)19(14)20/h8,12,14-15,17,19,23,25,27H,4-7,9-11H2,1-3H3. The number of allylic oxidation sites excluding steroid dienone is 1. The Morgan fingerprint density at radius 1 is 1.26 bits per heavy atom. The van der Waals surface area contributed by atoms with Gasteiger partial charge in [0.15, 0.2) is 11.6 Å². The monoisotopic (exact) mass is 376 g/mol. The first-order chi connectivity index (χ1) is 12.6. The van der Waals surface area contributed by atoms with Crippen molar-refractivity contribution in [1.82, 2.24) is 0 Å². The molecule has 4 rings (SSSR count). The van der Waals surface area contributed by atoms with Gasteiger partial charge in [-0.05, 0) is 67.8 Å². The quantitative estimate of drug-likeness (QED) is 0.685. The van der Waals surface area contributed by atoms with Crippen LogP contribution < -0.4 is 0 Å². The summed E-state index contributed by atoms with van der Waals surface area (Å²) in [5.41, 5.74) is -1.28. The maximum absolute atomic E-state index is 12.4. The van der Waals surface area contributed by atoms with E-state index in [9.17, 15) is 24.9 Å². The maximum atomic E-state index is 12.4. The molecule has 3 N–H and O–H groups in total. The predicted octanol–water partition coefficient (Wildman–Crippen LogP) is 2.03. The fraction of sp³-hybridized carbons (Fsp3) is 0.818. The van der Waals surface area contributed by atoms with Gasteiger partial charge in [0.05, 0.1) is 6.10 Å². The van der Waals surface area contributed by atoms with Gasteiger partial charge in [-0.1, -0.05) is 26.3 Å². The Morgan fingerprint density at radius 3 is 2.63 bits per heavy atom. The molecule has 0 amide bonds. The predicted molar refractivity (Wildman–Crippen MR) is 99.7 cm³/mol. The Morgan fingerprint density at radius 2 is 1.96 bits per heavy atom. The molecule has 0 saturated heterocycles. The molecule has 4 aliphatic rings. The molecule has 3 fully saturated rings. The highest BCUT2D eigenvalue weighted by Gasteiger charge is 2.68. The number of Topliss-reactive ketones (excluding diaryl/α,β-unsaturated/α-hetero) is 1. The molecule has 5 heteroatoms. The van der Waals surface area contributed by atoms with Crippen LogP contribution in [-0.2, 0) is 9.59 Å². The van der Waals surface area contributed by atoms with Crippen LogP contribution >= 0.6 is 0 Å². The Labute approximate surface area is 160 Å². The van der Waals surface area contributed by atoms with Crippen molar-refractivity contribution in [1.29, 1.82) is 0 Å². The Kier molecular flexibility index (Phi) is 4.27. The van der Waals surface area contributed by atoms with E-state index in [-0.39, 0.29) is 34.9 Å². The molecule has 0 spiro atoms. The number of rotatable bonds is 2. The minimum Gasteiger partial charge on any atom is -0.393 e. The molecule has 0 aromatic rings. The van der Waals surface area contributed by atoms with Crippen molar-refractivity contribution in [2.45, 2.75) is 71.0 Å². The van der Waals surface area contributed by atoms with Crippen molar-refractivity contribution in [3.63, 3.8) is 0 Å². The molecule has 0 aliphatic heterocycles. The number of fused-ring (bicyclic) bond motifs is 5. The number of carbonyl (C=O) groups is 2. The van der Waals surface area contributed by atoms with Gasteiger partial charge in [0.2, 0.25) is 0 Å². The Bertz CT molecular complexity index is 713. The van der Waals surface area contributed by atoms with Crippen LogP contribution in [0.4, 0.5) is 0 Å². The van der Waals surface area contributed by atoms with Gasteiger partial charge in [0.1, 0.15) is 12.2 Å². The lowest BCUT2D eigenvalue weighted by Crippen LogP contribution is -2.62. The second-order valence-electron chi connectivity index (χ2n) is 10.1. The van der Waals surface area contributed by atoms with Gasteiger partial charge < -0.3 is 15.3 Å². The van der Waals surface area contributed by atoms with Gasteiger partial charge in [0, 0.05) is 11.3 Å². The fourth-order valence-electron chi connectivity index (χ4n) is 7.62. The molecule has 0 radical (unpaired) electrons. The molecule has 4 aliphatic carbocycles. The van der Waals surface area contributed by atoms with Crippen LogP contribution in [0.2, 0.25) is 0 Å². The summed E-state index contributed by atoms with van der Waals surface area (Å²) < 4.78 is 0. The number of hydrogen-bond acceptors (Lipinski definition) is 5. The van der Waals surface area contributed by atoms with Crippen molar-refractivity contribution >= 4 is 11.6 Å². The first kappa shape index (κ1) is 19.3. The summed E-state index contributed by atoms with van der Waals surface area (Å²) >= 11 is 0. The first-order valence-corrected chi connectivity index (χ1v) is 10.4. The van der Waals surface area contributed by atoms with E-state index in [1.165, 1.54) is 5.57 Å². The third-order valence-electron chi connectivity index (χ3n) is 8.96. The Balaban J connectivity index is 1.74. The highest BCUT2D eigenvalue weighted by molar-refractivity contribution is 5.93. The zero-order valence-corrected chi connectivity index (χ0v) is 16.6. The van der Waals surface area contributed by atoms with Crippen molar-refractivity contribution < 1.29 is 24.9 Å². The van der Waals surface area contributed by atoms with E-state index in [4.69, 9.17) is 0 Å². The summed E-state index contributed by atoms with van der Waals surface area (Å²) in [5, 5.41) is 31.9. The average molecular weight is 376 g/mol. The second kappa shape index (κ2) is 5.98. The van der Waals surface area contributed by atoms with Gasteiger partial charge in [-0.3, -0.25) is 9.59 Å². The number of aliphatic hydroxyl groups excluding tert-OH is 2. The van der Waals surface area contributed by atoms with Crippen LogP contribution in [0, 0.1) is 34.5 Å². The molecular weight excluding hydrogens is 344 g/mol. The maximum Gasteiger partial charge on any atom is 0.190 e. The van der Waals surface area contributed by atoms with Crippen molar-refractivity contribution in [3.8, 4) is 0 Å². The minimum absolute atomic E-state index is 0.0329.